The number of aromatic nitrogens is 5. The maximum atomic E-state index is 5.49. The Hall–Kier alpha value is -2.06. The van der Waals surface area contributed by atoms with Gasteiger partial charge in [0.25, 0.3) is 0 Å². The van der Waals surface area contributed by atoms with Crippen molar-refractivity contribution >= 4 is 15.9 Å². The molecule has 0 fully saturated rings. The topological polar surface area (TPSA) is 95.7 Å². The summed E-state index contributed by atoms with van der Waals surface area (Å²) in [6, 6.07) is 5.92. The second kappa shape index (κ2) is 5.74. The largest absolute Gasteiger partial charge is 0.337 e. The third-order valence-electron chi connectivity index (χ3n) is 2.99. The highest BCUT2D eigenvalue weighted by Gasteiger charge is 2.11. The van der Waals surface area contributed by atoms with Crippen molar-refractivity contribution in [1.82, 2.24) is 25.1 Å². The molecule has 21 heavy (non-hydrogen) atoms. The third-order valence-corrected chi connectivity index (χ3v) is 3.84. The van der Waals surface area contributed by atoms with E-state index in [-0.39, 0.29) is 0 Å². The van der Waals surface area contributed by atoms with Gasteiger partial charge in [-0.15, -0.1) is 5.10 Å². The van der Waals surface area contributed by atoms with Crippen LogP contribution in [0, 0.1) is 6.92 Å². The van der Waals surface area contributed by atoms with Gasteiger partial charge >= 0.3 is 0 Å². The second-order valence-electron chi connectivity index (χ2n) is 4.59. The summed E-state index contributed by atoms with van der Waals surface area (Å²) in [6.07, 6.45) is 1.76. The molecule has 0 aliphatic heterocycles. The quantitative estimate of drug-likeness (QED) is 0.773. The van der Waals surface area contributed by atoms with Gasteiger partial charge in [0, 0.05) is 16.6 Å². The molecule has 7 nitrogen and oxygen atoms in total. The summed E-state index contributed by atoms with van der Waals surface area (Å²) in [7, 11) is 0. The monoisotopic (exact) mass is 348 g/mol. The predicted octanol–water partition coefficient (Wildman–Crippen LogP) is 1.91. The standard InChI is InChI=1S/C13H13BrN6O/c1-8-2-3-9(4-11(8)14)13-16-12(21-18-13)7-20-6-10(5-15)17-19-20/h2-4,6H,5,7,15H2,1H3. The van der Waals surface area contributed by atoms with Gasteiger partial charge in [-0.25, -0.2) is 4.68 Å². The van der Waals surface area contributed by atoms with E-state index in [1.54, 1.807) is 10.9 Å². The maximum Gasteiger partial charge on any atom is 0.248 e. The molecule has 0 aliphatic carbocycles. The number of nitrogens with zero attached hydrogens (tertiary/aromatic N) is 5. The molecule has 2 heterocycles. The number of rotatable bonds is 4. The molecule has 0 saturated carbocycles. The molecule has 0 amide bonds. The predicted molar refractivity (Wildman–Crippen MR) is 79.2 cm³/mol. The normalized spacial score (nSPS) is 11.0. The second-order valence-corrected chi connectivity index (χ2v) is 5.44. The SMILES string of the molecule is Cc1ccc(-c2noc(Cn3cc(CN)nn3)n2)cc1Br. The molecule has 0 spiro atoms. The Labute approximate surface area is 129 Å². The van der Waals surface area contributed by atoms with E-state index in [0.717, 1.165) is 21.3 Å². The van der Waals surface area contributed by atoms with E-state index in [0.29, 0.717) is 24.8 Å². The molecule has 8 heteroatoms. The van der Waals surface area contributed by atoms with Crippen LogP contribution in [0.4, 0.5) is 0 Å². The van der Waals surface area contributed by atoms with Crippen LogP contribution in [-0.4, -0.2) is 25.1 Å². The number of hydrogen-bond acceptors (Lipinski definition) is 6. The first-order valence-electron chi connectivity index (χ1n) is 6.34. The molecule has 0 atom stereocenters. The zero-order valence-corrected chi connectivity index (χ0v) is 12.9. The van der Waals surface area contributed by atoms with E-state index in [1.807, 2.05) is 25.1 Å². The van der Waals surface area contributed by atoms with Crippen LogP contribution >= 0.6 is 15.9 Å². The van der Waals surface area contributed by atoms with Gasteiger partial charge in [0.2, 0.25) is 11.7 Å². The Morgan fingerprint density at radius 2 is 2.24 bits per heavy atom. The van der Waals surface area contributed by atoms with E-state index >= 15 is 0 Å². The fourth-order valence-electron chi connectivity index (χ4n) is 1.82. The van der Waals surface area contributed by atoms with E-state index in [9.17, 15) is 0 Å². The Morgan fingerprint density at radius 3 is 2.95 bits per heavy atom. The minimum atomic E-state index is 0.354. The summed E-state index contributed by atoms with van der Waals surface area (Å²) in [6.45, 7) is 2.74. The zero-order chi connectivity index (χ0) is 14.8. The smallest absolute Gasteiger partial charge is 0.248 e. The zero-order valence-electron chi connectivity index (χ0n) is 11.3. The Balaban J connectivity index is 1.80. The van der Waals surface area contributed by atoms with Gasteiger partial charge in [0.15, 0.2) is 0 Å². The summed E-state index contributed by atoms with van der Waals surface area (Å²) < 4.78 is 7.86. The highest BCUT2D eigenvalue weighted by molar-refractivity contribution is 9.10. The van der Waals surface area contributed by atoms with Crippen molar-refractivity contribution in [3.8, 4) is 11.4 Å². The lowest BCUT2D eigenvalue weighted by molar-refractivity contribution is 0.364. The number of aryl methyl sites for hydroxylation is 1. The molecule has 2 aromatic heterocycles. The third kappa shape index (κ3) is 3.01. The first kappa shape index (κ1) is 13.9. The molecule has 0 bridgehead atoms. The van der Waals surface area contributed by atoms with Crippen molar-refractivity contribution in [2.24, 2.45) is 5.73 Å². The van der Waals surface area contributed by atoms with Gasteiger partial charge in [0.05, 0.1) is 11.9 Å². The molecule has 3 rings (SSSR count). The van der Waals surface area contributed by atoms with E-state index in [1.165, 1.54) is 0 Å². The number of hydrogen-bond donors (Lipinski definition) is 1. The maximum absolute atomic E-state index is 5.49. The van der Waals surface area contributed by atoms with Crippen molar-refractivity contribution in [1.29, 1.82) is 0 Å². The van der Waals surface area contributed by atoms with Crippen LogP contribution < -0.4 is 5.73 Å². The molecule has 108 valence electrons. The highest BCUT2D eigenvalue weighted by atomic mass is 79.9. The lowest BCUT2D eigenvalue weighted by Gasteiger charge is -1.99. The van der Waals surface area contributed by atoms with Crippen molar-refractivity contribution in [3.63, 3.8) is 0 Å². The fourth-order valence-corrected chi connectivity index (χ4v) is 2.20. The molecule has 0 saturated heterocycles. The van der Waals surface area contributed by atoms with E-state index in [2.05, 4.69) is 36.4 Å². The highest BCUT2D eigenvalue weighted by Crippen LogP contribution is 2.23. The number of halogens is 1. The first-order valence-corrected chi connectivity index (χ1v) is 7.13. The van der Waals surface area contributed by atoms with Gasteiger partial charge in [-0.2, -0.15) is 4.98 Å². The van der Waals surface area contributed by atoms with Crippen LogP contribution in [0.25, 0.3) is 11.4 Å². The van der Waals surface area contributed by atoms with Crippen molar-refractivity contribution < 1.29 is 4.52 Å². The van der Waals surface area contributed by atoms with Crippen LogP contribution in [0.5, 0.6) is 0 Å². The van der Waals surface area contributed by atoms with Crippen LogP contribution in [0.2, 0.25) is 0 Å². The molecule has 2 N–H and O–H groups in total. The van der Waals surface area contributed by atoms with Crippen LogP contribution in [0.15, 0.2) is 33.4 Å². The molecule has 0 unspecified atom stereocenters. The molecular weight excluding hydrogens is 336 g/mol. The molecule has 0 radical (unpaired) electrons. The molecule has 3 aromatic rings. The van der Waals surface area contributed by atoms with E-state index < -0.39 is 0 Å². The van der Waals surface area contributed by atoms with Gasteiger partial charge in [-0.3, -0.25) is 0 Å². The van der Waals surface area contributed by atoms with Crippen LogP contribution in [0.3, 0.4) is 0 Å². The van der Waals surface area contributed by atoms with Crippen molar-refractivity contribution in [3.05, 3.63) is 46.0 Å². The number of nitrogens with two attached hydrogens (primary N) is 1. The molecular formula is C13H13BrN6O. The summed E-state index contributed by atoms with van der Waals surface area (Å²) in [5, 5.41) is 11.8. The molecule has 1 aromatic carbocycles. The summed E-state index contributed by atoms with van der Waals surface area (Å²) in [5.41, 5.74) is 8.26. The first-order chi connectivity index (χ1) is 10.2. The Morgan fingerprint density at radius 1 is 1.38 bits per heavy atom. The average Bonchev–Trinajstić information content (AvgIpc) is 3.11. The summed E-state index contributed by atoms with van der Waals surface area (Å²) >= 11 is 3.49. The van der Waals surface area contributed by atoms with Crippen LogP contribution in [-0.2, 0) is 13.1 Å². The van der Waals surface area contributed by atoms with Gasteiger partial charge in [0.1, 0.15) is 6.54 Å². The minimum absolute atomic E-state index is 0.354. The van der Waals surface area contributed by atoms with Gasteiger partial charge < -0.3 is 10.3 Å². The lowest BCUT2D eigenvalue weighted by Crippen LogP contribution is -2.00. The van der Waals surface area contributed by atoms with Crippen molar-refractivity contribution in [2.75, 3.05) is 0 Å². The Bertz CT molecular complexity index is 766. The summed E-state index contributed by atoms with van der Waals surface area (Å²) in [4.78, 5) is 4.36. The fraction of sp³-hybridized carbons (Fsp3) is 0.231. The Kier molecular flexibility index (Phi) is 3.80. The lowest BCUT2D eigenvalue weighted by atomic mass is 10.1. The number of benzene rings is 1. The average molecular weight is 349 g/mol. The minimum Gasteiger partial charge on any atom is -0.337 e. The van der Waals surface area contributed by atoms with E-state index in [4.69, 9.17) is 10.3 Å². The van der Waals surface area contributed by atoms with Crippen molar-refractivity contribution in [2.45, 2.75) is 20.0 Å². The molecule has 0 aliphatic rings. The van der Waals surface area contributed by atoms with Crippen LogP contribution in [0.1, 0.15) is 17.1 Å². The summed E-state index contributed by atoms with van der Waals surface area (Å²) in [5.74, 6) is 1.01. The van der Waals surface area contributed by atoms with Gasteiger partial charge in [-0.05, 0) is 18.6 Å². The van der Waals surface area contributed by atoms with Gasteiger partial charge in [-0.1, -0.05) is 38.4 Å².